The van der Waals surface area contributed by atoms with Gasteiger partial charge in [0.15, 0.2) is 0 Å². The van der Waals surface area contributed by atoms with Gasteiger partial charge in [0.2, 0.25) is 5.91 Å². The number of amides is 2. The highest BCUT2D eigenvalue weighted by molar-refractivity contribution is 6.31. The fraction of sp³-hybridized carbons (Fsp3) is 0.300. The highest BCUT2D eigenvalue weighted by Gasteiger charge is 2.24. The van der Waals surface area contributed by atoms with Crippen molar-refractivity contribution in [2.75, 3.05) is 32.7 Å². The van der Waals surface area contributed by atoms with E-state index in [0.717, 1.165) is 25.7 Å². The third kappa shape index (κ3) is 5.52. The molecule has 0 bridgehead atoms. The minimum absolute atomic E-state index is 0.125. The topological polar surface area (TPSA) is 95.8 Å². The van der Waals surface area contributed by atoms with E-state index in [-0.39, 0.29) is 23.0 Å². The zero-order chi connectivity index (χ0) is 20.8. The van der Waals surface area contributed by atoms with E-state index in [0.29, 0.717) is 13.1 Å². The third-order valence-electron chi connectivity index (χ3n) is 4.78. The van der Waals surface area contributed by atoms with Gasteiger partial charge >= 0.3 is 0 Å². The Morgan fingerprint density at radius 3 is 2.41 bits per heavy atom. The van der Waals surface area contributed by atoms with Gasteiger partial charge in [0, 0.05) is 43.8 Å². The van der Waals surface area contributed by atoms with E-state index in [1.54, 1.807) is 4.90 Å². The zero-order valence-corrected chi connectivity index (χ0v) is 16.5. The van der Waals surface area contributed by atoms with Gasteiger partial charge in [-0.2, -0.15) is 0 Å². The molecule has 2 aromatic rings. The van der Waals surface area contributed by atoms with E-state index in [9.17, 15) is 19.7 Å². The number of carbonyl (C=O) groups excluding carboxylic acids is 2. The Morgan fingerprint density at radius 2 is 1.76 bits per heavy atom. The molecule has 1 aliphatic heterocycles. The first-order valence-electron chi connectivity index (χ1n) is 9.20. The molecule has 0 aromatic heterocycles. The maximum absolute atomic E-state index is 12.4. The van der Waals surface area contributed by atoms with Gasteiger partial charge in [0.05, 0.1) is 11.5 Å². The molecule has 2 amide bonds. The maximum atomic E-state index is 12.4. The Labute approximate surface area is 173 Å². The van der Waals surface area contributed by atoms with Crippen LogP contribution < -0.4 is 5.32 Å². The van der Waals surface area contributed by atoms with Crippen LogP contribution in [0.15, 0.2) is 48.5 Å². The minimum Gasteiger partial charge on any atom is -0.343 e. The molecule has 0 radical (unpaired) electrons. The number of hydrogen-bond donors (Lipinski definition) is 1. The second-order valence-electron chi connectivity index (χ2n) is 6.74. The third-order valence-corrected chi connectivity index (χ3v) is 5.01. The van der Waals surface area contributed by atoms with Crippen LogP contribution in [0.5, 0.6) is 0 Å². The maximum Gasteiger partial charge on any atom is 0.283 e. The van der Waals surface area contributed by atoms with E-state index in [2.05, 4.69) is 22.3 Å². The molecule has 1 fully saturated rings. The summed E-state index contributed by atoms with van der Waals surface area (Å²) in [5, 5.41) is 13.7. The first kappa shape index (κ1) is 20.8. The van der Waals surface area contributed by atoms with Crippen LogP contribution in [-0.2, 0) is 11.3 Å². The van der Waals surface area contributed by atoms with Crippen molar-refractivity contribution in [2.45, 2.75) is 6.54 Å². The number of nitro groups is 1. The first-order chi connectivity index (χ1) is 13.9. The number of carbonyl (C=O) groups is 2. The Balaban J connectivity index is 1.49. The summed E-state index contributed by atoms with van der Waals surface area (Å²) >= 11 is 5.76. The molecule has 8 nitrogen and oxygen atoms in total. The standard InChI is InChI=1S/C20H21ClN4O4/c21-16-6-7-17(18(12-16)25(28)29)20(27)22-13-19(26)24-10-8-23(9-11-24)14-15-4-2-1-3-5-15/h1-7,12H,8-11,13-14H2,(H,22,27). The average Bonchev–Trinajstić information content (AvgIpc) is 2.73. The van der Waals surface area contributed by atoms with Crippen LogP contribution >= 0.6 is 11.6 Å². The molecule has 0 aliphatic carbocycles. The number of benzene rings is 2. The summed E-state index contributed by atoms with van der Waals surface area (Å²) in [6.45, 7) is 3.26. The van der Waals surface area contributed by atoms with E-state index in [4.69, 9.17) is 11.6 Å². The zero-order valence-electron chi connectivity index (χ0n) is 15.7. The molecule has 152 valence electrons. The van der Waals surface area contributed by atoms with Gasteiger partial charge in [-0.1, -0.05) is 41.9 Å². The van der Waals surface area contributed by atoms with E-state index < -0.39 is 16.5 Å². The number of piperazine rings is 1. The molecule has 0 atom stereocenters. The SMILES string of the molecule is O=C(NCC(=O)N1CCN(Cc2ccccc2)CC1)c1ccc(Cl)cc1[N+](=O)[O-]. The summed E-state index contributed by atoms with van der Waals surface area (Å²) in [5.74, 6) is -0.890. The van der Waals surface area contributed by atoms with Crippen molar-refractivity contribution in [1.29, 1.82) is 0 Å². The molecular formula is C20H21ClN4O4. The number of rotatable bonds is 6. The predicted molar refractivity (Wildman–Crippen MR) is 109 cm³/mol. The molecule has 1 saturated heterocycles. The van der Waals surface area contributed by atoms with E-state index >= 15 is 0 Å². The molecular weight excluding hydrogens is 396 g/mol. The normalized spacial score (nSPS) is 14.4. The Morgan fingerprint density at radius 1 is 1.07 bits per heavy atom. The lowest BCUT2D eigenvalue weighted by atomic mass is 10.1. The molecule has 0 saturated carbocycles. The lowest BCUT2D eigenvalue weighted by Crippen LogP contribution is -2.50. The Hall–Kier alpha value is -2.97. The summed E-state index contributed by atoms with van der Waals surface area (Å²) in [6.07, 6.45) is 0. The lowest BCUT2D eigenvalue weighted by Gasteiger charge is -2.34. The minimum atomic E-state index is -0.676. The number of nitrogens with one attached hydrogen (secondary N) is 1. The summed E-state index contributed by atoms with van der Waals surface area (Å²) in [7, 11) is 0. The van der Waals surface area contributed by atoms with Gasteiger partial charge in [-0.3, -0.25) is 24.6 Å². The molecule has 3 rings (SSSR count). The van der Waals surface area contributed by atoms with Gasteiger partial charge in [-0.05, 0) is 17.7 Å². The lowest BCUT2D eigenvalue weighted by molar-refractivity contribution is -0.385. The van der Waals surface area contributed by atoms with E-state index in [1.807, 2.05) is 18.2 Å². The summed E-state index contributed by atoms with van der Waals surface area (Å²) in [6, 6.07) is 13.9. The first-order valence-corrected chi connectivity index (χ1v) is 9.58. The molecule has 29 heavy (non-hydrogen) atoms. The number of halogens is 1. The predicted octanol–water partition coefficient (Wildman–Crippen LogP) is 2.32. The van der Waals surface area contributed by atoms with Crippen molar-refractivity contribution >= 4 is 29.1 Å². The van der Waals surface area contributed by atoms with Gasteiger partial charge in [0.25, 0.3) is 11.6 Å². The Bertz CT molecular complexity index is 899. The monoisotopic (exact) mass is 416 g/mol. The largest absolute Gasteiger partial charge is 0.343 e. The van der Waals surface area contributed by atoms with Crippen molar-refractivity contribution in [3.05, 3.63) is 74.8 Å². The van der Waals surface area contributed by atoms with Gasteiger partial charge in [-0.15, -0.1) is 0 Å². The molecule has 2 aromatic carbocycles. The summed E-state index contributed by atoms with van der Waals surface area (Å²) in [5.41, 5.74) is 0.709. The molecule has 1 heterocycles. The molecule has 0 spiro atoms. The van der Waals surface area contributed by atoms with Crippen LogP contribution in [0.4, 0.5) is 5.69 Å². The Kier molecular flexibility index (Phi) is 6.79. The van der Waals surface area contributed by atoms with Crippen LogP contribution in [0.3, 0.4) is 0 Å². The number of nitro benzene ring substituents is 1. The van der Waals surface area contributed by atoms with Crippen molar-refractivity contribution in [2.24, 2.45) is 0 Å². The summed E-state index contributed by atoms with van der Waals surface area (Å²) < 4.78 is 0. The van der Waals surface area contributed by atoms with Gasteiger partial charge < -0.3 is 10.2 Å². The van der Waals surface area contributed by atoms with Crippen molar-refractivity contribution in [1.82, 2.24) is 15.1 Å². The highest BCUT2D eigenvalue weighted by Crippen LogP contribution is 2.23. The van der Waals surface area contributed by atoms with Crippen molar-refractivity contribution in [3.8, 4) is 0 Å². The second kappa shape index (κ2) is 9.49. The number of hydrogen-bond acceptors (Lipinski definition) is 5. The van der Waals surface area contributed by atoms with Crippen LogP contribution in [0.25, 0.3) is 0 Å². The van der Waals surface area contributed by atoms with Crippen LogP contribution in [0.2, 0.25) is 5.02 Å². The second-order valence-corrected chi connectivity index (χ2v) is 7.18. The number of nitrogens with zero attached hydrogens (tertiary/aromatic N) is 3. The fourth-order valence-electron chi connectivity index (χ4n) is 3.21. The van der Waals surface area contributed by atoms with Crippen molar-refractivity contribution < 1.29 is 14.5 Å². The van der Waals surface area contributed by atoms with Gasteiger partial charge in [0.1, 0.15) is 5.56 Å². The molecule has 1 aliphatic rings. The van der Waals surface area contributed by atoms with Crippen molar-refractivity contribution in [3.63, 3.8) is 0 Å². The quantitative estimate of drug-likeness (QED) is 0.576. The van der Waals surface area contributed by atoms with E-state index in [1.165, 1.54) is 17.7 Å². The molecule has 0 unspecified atom stereocenters. The summed E-state index contributed by atoms with van der Waals surface area (Å²) in [4.78, 5) is 39.1. The highest BCUT2D eigenvalue weighted by atomic mass is 35.5. The fourth-order valence-corrected chi connectivity index (χ4v) is 3.37. The average molecular weight is 417 g/mol. The van der Waals surface area contributed by atoms with Crippen LogP contribution in [-0.4, -0.2) is 59.3 Å². The van der Waals surface area contributed by atoms with Crippen LogP contribution in [0, 0.1) is 10.1 Å². The van der Waals surface area contributed by atoms with Gasteiger partial charge in [-0.25, -0.2) is 0 Å². The molecule has 9 heteroatoms. The van der Waals surface area contributed by atoms with Crippen LogP contribution in [0.1, 0.15) is 15.9 Å². The smallest absolute Gasteiger partial charge is 0.283 e. The molecule has 1 N–H and O–H groups in total.